The van der Waals surface area contributed by atoms with E-state index in [0.717, 1.165) is 0 Å². The van der Waals surface area contributed by atoms with Gasteiger partial charge in [0.15, 0.2) is 5.65 Å². The van der Waals surface area contributed by atoms with Crippen LogP contribution in [0.2, 0.25) is 0 Å². The number of benzene rings is 1. The highest BCUT2D eigenvalue weighted by atomic mass is 19.1. The molecule has 3 aromatic rings. The van der Waals surface area contributed by atoms with Crippen LogP contribution in [0.1, 0.15) is 5.69 Å². The third-order valence-corrected chi connectivity index (χ3v) is 3.26. The van der Waals surface area contributed by atoms with Crippen LogP contribution in [-0.2, 0) is 18.4 Å². The van der Waals surface area contributed by atoms with E-state index in [4.69, 9.17) is 4.74 Å². The van der Waals surface area contributed by atoms with Crippen molar-refractivity contribution in [2.24, 2.45) is 7.05 Å². The Morgan fingerprint density at radius 2 is 2.14 bits per heavy atom. The second-order valence-electron chi connectivity index (χ2n) is 4.81. The van der Waals surface area contributed by atoms with Gasteiger partial charge >= 0.3 is 5.69 Å². The van der Waals surface area contributed by atoms with E-state index in [9.17, 15) is 9.18 Å². The summed E-state index contributed by atoms with van der Waals surface area (Å²) in [6.07, 6.45) is 3.31. The van der Waals surface area contributed by atoms with Crippen molar-refractivity contribution < 1.29 is 9.13 Å². The van der Waals surface area contributed by atoms with E-state index in [-0.39, 0.29) is 11.5 Å². The molecule has 2 heterocycles. The summed E-state index contributed by atoms with van der Waals surface area (Å²) in [7, 11) is 3.22. The molecule has 6 heteroatoms. The van der Waals surface area contributed by atoms with E-state index < -0.39 is 0 Å². The van der Waals surface area contributed by atoms with Crippen LogP contribution in [0, 0.1) is 5.82 Å². The Morgan fingerprint density at radius 1 is 1.33 bits per heavy atom. The number of rotatable bonds is 3. The molecular weight excluding hydrogens is 273 g/mol. The standard InChI is InChI=1S/C15H14FN3O2/c1-18-8-13(10-4-3-5-11(16)6-10)14-17-12(9-21-2)7-19(14)15(18)20/h3-8H,9H2,1-2H3. The highest BCUT2D eigenvalue weighted by Gasteiger charge is 2.13. The fraction of sp³-hybridized carbons (Fsp3) is 0.200. The molecule has 0 amide bonds. The van der Waals surface area contributed by atoms with Crippen molar-refractivity contribution in [1.82, 2.24) is 14.0 Å². The summed E-state index contributed by atoms with van der Waals surface area (Å²) in [5.41, 5.74) is 2.30. The van der Waals surface area contributed by atoms with Gasteiger partial charge in [-0.3, -0.25) is 4.40 Å². The smallest absolute Gasteiger partial charge is 0.333 e. The molecule has 0 saturated heterocycles. The van der Waals surface area contributed by atoms with Gasteiger partial charge in [-0.2, -0.15) is 0 Å². The maximum Gasteiger partial charge on any atom is 0.333 e. The van der Waals surface area contributed by atoms with E-state index in [0.29, 0.717) is 29.1 Å². The minimum absolute atomic E-state index is 0.208. The second kappa shape index (κ2) is 5.14. The van der Waals surface area contributed by atoms with Crippen LogP contribution in [0.15, 0.2) is 41.5 Å². The molecule has 0 unspecified atom stereocenters. The first-order valence-electron chi connectivity index (χ1n) is 6.42. The molecule has 0 aliphatic carbocycles. The molecule has 0 N–H and O–H groups in total. The SMILES string of the molecule is COCc1cn2c(=O)n(C)cc(-c3cccc(F)c3)c2n1. The summed E-state index contributed by atoms with van der Waals surface area (Å²) in [6, 6.07) is 6.22. The van der Waals surface area contributed by atoms with Crippen LogP contribution in [0.3, 0.4) is 0 Å². The van der Waals surface area contributed by atoms with Gasteiger partial charge in [0.25, 0.3) is 0 Å². The highest BCUT2D eigenvalue weighted by Crippen LogP contribution is 2.23. The quantitative estimate of drug-likeness (QED) is 0.740. The molecule has 3 rings (SSSR count). The minimum atomic E-state index is -0.330. The number of hydrogen-bond acceptors (Lipinski definition) is 3. The lowest BCUT2D eigenvalue weighted by Gasteiger charge is -2.07. The number of methoxy groups -OCH3 is 1. The summed E-state index contributed by atoms with van der Waals surface area (Å²) >= 11 is 0. The van der Waals surface area contributed by atoms with Crippen molar-refractivity contribution in [2.75, 3.05) is 7.11 Å². The Hall–Kier alpha value is -2.47. The van der Waals surface area contributed by atoms with Crippen molar-refractivity contribution in [2.45, 2.75) is 6.61 Å². The van der Waals surface area contributed by atoms with Crippen LogP contribution in [0.5, 0.6) is 0 Å². The zero-order valence-electron chi connectivity index (χ0n) is 11.7. The van der Waals surface area contributed by atoms with Gasteiger partial charge in [-0.25, -0.2) is 14.2 Å². The van der Waals surface area contributed by atoms with Gasteiger partial charge in [-0.15, -0.1) is 0 Å². The Kier molecular flexibility index (Phi) is 3.31. The summed E-state index contributed by atoms with van der Waals surface area (Å²) in [4.78, 5) is 16.6. The van der Waals surface area contributed by atoms with Crippen molar-refractivity contribution in [3.8, 4) is 11.1 Å². The largest absolute Gasteiger partial charge is 0.378 e. The van der Waals surface area contributed by atoms with Gasteiger partial charge < -0.3 is 9.30 Å². The van der Waals surface area contributed by atoms with Gasteiger partial charge in [-0.05, 0) is 17.7 Å². The molecule has 0 aliphatic rings. The number of ether oxygens (including phenoxy) is 1. The average Bonchev–Trinajstić information content (AvgIpc) is 2.87. The summed E-state index contributed by atoms with van der Waals surface area (Å²) in [6.45, 7) is 0.313. The molecular formula is C15H14FN3O2. The van der Waals surface area contributed by atoms with E-state index in [1.165, 1.54) is 21.1 Å². The van der Waals surface area contributed by atoms with Gasteiger partial charge in [0.2, 0.25) is 0 Å². The topological polar surface area (TPSA) is 48.5 Å². The van der Waals surface area contributed by atoms with Crippen LogP contribution < -0.4 is 5.69 Å². The maximum atomic E-state index is 13.4. The Bertz CT molecular complexity index is 867. The minimum Gasteiger partial charge on any atom is -0.378 e. The third-order valence-electron chi connectivity index (χ3n) is 3.26. The number of nitrogens with zero attached hydrogens (tertiary/aromatic N) is 3. The average molecular weight is 287 g/mol. The van der Waals surface area contributed by atoms with E-state index in [1.54, 1.807) is 38.7 Å². The monoisotopic (exact) mass is 287 g/mol. The second-order valence-corrected chi connectivity index (χ2v) is 4.81. The van der Waals surface area contributed by atoms with Gasteiger partial charge in [0, 0.05) is 32.1 Å². The van der Waals surface area contributed by atoms with E-state index >= 15 is 0 Å². The van der Waals surface area contributed by atoms with E-state index in [1.807, 2.05) is 0 Å². The highest BCUT2D eigenvalue weighted by molar-refractivity contribution is 5.76. The first-order valence-corrected chi connectivity index (χ1v) is 6.42. The molecule has 0 atom stereocenters. The fourth-order valence-corrected chi connectivity index (χ4v) is 2.32. The Labute approximate surface area is 120 Å². The fourth-order valence-electron chi connectivity index (χ4n) is 2.32. The molecule has 2 aromatic heterocycles. The lowest BCUT2D eigenvalue weighted by atomic mass is 10.1. The summed E-state index contributed by atoms with van der Waals surface area (Å²) < 4.78 is 21.4. The van der Waals surface area contributed by atoms with Crippen molar-refractivity contribution in [1.29, 1.82) is 0 Å². The predicted molar refractivity (Wildman–Crippen MR) is 76.5 cm³/mol. The molecule has 21 heavy (non-hydrogen) atoms. The number of aromatic nitrogens is 3. The van der Waals surface area contributed by atoms with Crippen molar-refractivity contribution in [3.05, 3.63) is 58.7 Å². The molecule has 0 aliphatic heterocycles. The molecule has 1 aromatic carbocycles. The zero-order chi connectivity index (χ0) is 15.0. The Balaban J connectivity index is 2.31. The Morgan fingerprint density at radius 3 is 2.86 bits per heavy atom. The van der Waals surface area contributed by atoms with Gasteiger partial charge in [0.1, 0.15) is 5.82 Å². The van der Waals surface area contributed by atoms with Gasteiger partial charge in [0.05, 0.1) is 12.3 Å². The van der Waals surface area contributed by atoms with Crippen LogP contribution in [-0.4, -0.2) is 21.1 Å². The molecule has 0 spiro atoms. The van der Waals surface area contributed by atoms with Crippen LogP contribution >= 0.6 is 0 Å². The first kappa shape index (κ1) is 13.5. The van der Waals surface area contributed by atoms with Crippen molar-refractivity contribution in [3.63, 3.8) is 0 Å². The first-order chi connectivity index (χ1) is 10.1. The molecule has 0 radical (unpaired) electrons. The maximum absolute atomic E-state index is 13.4. The lowest BCUT2D eigenvalue weighted by molar-refractivity contribution is 0.182. The number of imidazole rings is 1. The normalized spacial score (nSPS) is 11.2. The van der Waals surface area contributed by atoms with Gasteiger partial charge in [-0.1, -0.05) is 12.1 Å². The number of hydrogen-bond donors (Lipinski definition) is 0. The molecule has 108 valence electrons. The third kappa shape index (κ3) is 2.34. The molecule has 0 fully saturated rings. The van der Waals surface area contributed by atoms with E-state index in [2.05, 4.69) is 4.98 Å². The predicted octanol–water partition coefficient (Wildman–Crippen LogP) is 1.99. The van der Waals surface area contributed by atoms with Crippen LogP contribution in [0.4, 0.5) is 4.39 Å². The molecule has 0 bridgehead atoms. The number of fused-ring (bicyclic) bond motifs is 1. The summed E-state index contributed by atoms with van der Waals surface area (Å²) in [5, 5.41) is 0. The lowest BCUT2D eigenvalue weighted by Crippen LogP contribution is -2.23. The molecule has 5 nitrogen and oxygen atoms in total. The number of aryl methyl sites for hydroxylation is 1. The summed E-state index contributed by atoms with van der Waals surface area (Å²) in [5.74, 6) is -0.330. The van der Waals surface area contributed by atoms with Crippen LogP contribution in [0.25, 0.3) is 16.8 Å². The molecule has 0 saturated carbocycles. The zero-order valence-corrected chi connectivity index (χ0v) is 11.7. The van der Waals surface area contributed by atoms with Crippen molar-refractivity contribution >= 4 is 5.65 Å². The number of halogens is 1.